The van der Waals surface area contributed by atoms with Gasteiger partial charge in [0.2, 0.25) is 0 Å². The zero-order chi connectivity index (χ0) is 16.0. The molecule has 1 aromatic rings. The molecule has 3 atom stereocenters. The van der Waals surface area contributed by atoms with Crippen molar-refractivity contribution in [1.29, 1.82) is 0 Å². The third kappa shape index (κ3) is 3.38. The second-order valence-electron chi connectivity index (χ2n) is 6.46. The summed E-state index contributed by atoms with van der Waals surface area (Å²) in [6.07, 6.45) is -2.05. The van der Waals surface area contributed by atoms with E-state index in [4.69, 9.17) is 4.74 Å². The molecule has 1 heterocycles. The minimum Gasteiger partial charge on any atom is -0.492 e. The Hall–Kier alpha value is -1.27. The molecular formula is C16H20F3NO2. The van der Waals surface area contributed by atoms with Crippen LogP contribution in [0.1, 0.15) is 25.3 Å². The summed E-state index contributed by atoms with van der Waals surface area (Å²) in [5.41, 5.74) is -3.03. The molecule has 0 bridgehead atoms. The Kier molecular flexibility index (Phi) is 3.85. The van der Waals surface area contributed by atoms with Gasteiger partial charge in [-0.05, 0) is 43.4 Å². The molecule has 1 aliphatic heterocycles. The highest BCUT2D eigenvalue weighted by molar-refractivity contribution is 5.31. The summed E-state index contributed by atoms with van der Waals surface area (Å²) in [6.45, 7) is 3.49. The summed E-state index contributed by atoms with van der Waals surface area (Å²) in [5, 5.41) is 9.59. The summed E-state index contributed by atoms with van der Waals surface area (Å²) >= 11 is 0. The van der Waals surface area contributed by atoms with Crippen molar-refractivity contribution in [1.82, 2.24) is 4.90 Å². The van der Waals surface area contributed by atoms with Crippen LogP contribution in [-0.2, 0) is 5.60 Å². The first-order chi connectivity index (χ1) is 10.3. The number of hydrogen-bond acceptors (Lipinski definition) is 3. The summed E-state index contributed by atoms with van der Waals surface area (Å²) in [7, 11) is 0. The molecular weight excluding hydrogens is 295 g/mol. The average molecular weight is 315 g/mol. The second kappa shape index (κ2) is 5.42. The van der Waals surface area contributed by atoms with Crippen molar-refractivity contribution in [3.63, 3.8) is 0 Å². The second-order valence-corrected chi connectivity index (χ2v) is 6.46. The van der Waals surface area contributed by atoms with E-state index in [1.54, 1.807) is 0 Å². The van der Waals surface area contributed by atoms with Crippen molar-refractivity contribution in [2.75, 3.05) is 19.7 Å². The Morgan fingerprint density at radius 1 is 1.23 bits per heavy atom. The van der Waals surface area contributed by atoms with Crippen LogP contribution < -0.4 is 4.74 Å². The molecule has 1 aliphatic carbocycles. The Morgan fingerprint density at radius 2 is 1.86 bits per heavy atom. The number of aliphatic hydroxyl groups is 1. The monoisotopic (exact) mass is 315 g/mol. The van der Waals surface area contributed by atoms with Gasteiger partial charge in [-0.1, -0.05) is 12.1 Å². The van der Waals surface area contributed by atoms with E-state index < -0.39 is 11.8 Å². The zero-order valence-corrected chi connectivity index (χ0v) is 12.4. The fraction of sp³-hybridized carbons (Fsp3) is 0.625. The highest BCUT2D eigenvalue weighted by atomic mass is 19.4. The highest BCUT2D eigenvalue weighted by Crippen LogP contribution is 2.39. The molecule has 0 aromatic heterocycles. The lowest BCUT2D eigenvalue weighted by Crippen LogP contribution is -2.39. The van der Waals surface area contributed by atoms with Crippen LogP contribution in [0, 0.1) is 5.92 Å². The molecule has 0 radical (unpaired) electrons. The van der Waals surface area contributed by atoms with E-state index in [1.807, 2.05) is 0 Å². The number of nitrogens with zero attached hydrogens (tertiary/aromatic N) is 1. The predicted octanol–water partition coefficient (Wildman–Crippen LogP) is 2.93. The van der Waals surface area contributed by atoms with E-state index in [2.05, 4.69) is 4.90 Å². The molecule has 1 saturated carbocycles. The van der Waals surface area contributed by atoms with E-state index in [0.29, 0.717) is 18.4 Å². The number of hydrogen-bond donors (Lipinski definition) is 1. The van der Waals surface area contributed by atoms with Gasteiger partial charge in [-0.2, -0.15) is 13.2 Å². The Labute approximate surface area is 127 Å². The zero-order valence-electron chi connectivity index (χ0n) is 12.4. The molecule has 3 unspecified atom stereocenters. The summed E-state index contributed by atoms with van der Waals surface area (Å²) < 4.78 is 43.9. The first-order valence-electron chi connectivity index (χ1n) is 7.54. The molecule has 2 aliphatic rings. The average Bonchev–Trinajstić information content (AvgIpc) is 3.35. The lowest BCUT2D eigenvalue weighted by molar-refractivity contribution is -0.258. The third-order valence-electron chi connectivity index (χ3n) is 4.43. The molecule has 122 valence electrons. The van der Waals surface area contributed by atoms with Crippen LogP contribution in [0.4, 0.5) is 13.2 Å². The quantitative estimate of drug-likeness (QED) is 0.819. The minimum absolute atomic E-state index is 0.186. The van der Waals surface area contributed by atoms with Crippen molar-refractivity contribution >= 4 is 0 Å². The van der Waals surface area contributed by atoms with Gasteiger partial charge in [0.1, 0.15) is 12.4 Å². The van der Waals surface area contributed by atoms with Gasteiger partial charge in [0.15, 0.2) is 5.60 Å². The fourth-order valence-corrected chi connectivity index (χ4v) is 2.47. The number of benzene rings is 1. The molecule has 1 aromatic carbocycles. The lowest BCUT2D eigenvalue weighted by atomic mass is 9.95. The molecule has 3 nitrogen and oxygen atoms in total. The van der Waals surface area contributed by atoms with E-state index in [0.717, 1.165) is 25.9 Å². The van der Waals surface area contributed by atoms with Gasteiger partial charge in [-0.3, -0.25) is 4.90 Å². The maximum atomic E-state index is 12.7. The van der Waals surface area contributed by atoms with Gasteiger partial charge in [0.25, 0.3) is 0 Å². The molecule has 22 heavy (non-hydrogen) atoms. The number of ether oxygens (including phenoxy) is 1. The Morgan fingerprint density at radius 3 is 2.41 bits per heavy atom. The van der Waals surface area contributed by atoms with E-state index in [9.17, 15) is 18.3 Å². The maximum Gasteiger partial charge on any atom is 0.421 e. The van der Waals surface area contributed by atoms with E-state index in [1.165, 1.54) is 37.1 Å². The van der Waals surface area contributed by atoms with Crippen LogP contribution in [0.3, 0.4) is 0 Å². The largest absolute Gasteiger partial charge is 0.492 e. The minimum atomic E-state index is -4.70. The normalized spacial score (nSPS) is 27.3. The van der Waals surface area contributed by atoms with Crippen molar-refractivity contribution in [3.8, 4) is 5.75 Å². The molecule has 1 N–H and O–H groups in total. The smallest absolute Gasteiger partial charge is 0.421 e. The predicted molar refractivity (Wildman–Crippen MR) is 75.6 cm³/mol. The van der Waals surface area contributed by atoms with Crippen LogP contribution >= 0.6 is 0 Å². The SMILES string of the molecule is CC(O)(c1ccc(OCC2CN2CC2CC2)cc1)C(F)(F)F. The maximum absolute atomic E-state index is 12.7. The number of alkyl halides is 3. The first kappa shape index (κ1) is 15.6. The van der Waals surface area contributed by atoms with Gasteiger partial charge < -0.3 is 9.84 Å². The molecule has 3 rings (SSSR count). The number of rotatable bonds is 6. The molecule has 0 spiro atoms. The van der Waals surface area contributed by atoms with Crippen molar-refractivity contribution in [2.45, 2.75) is 37.6 Å². The lowest BCUT2D eigenvalue weighted by Gasteiger charge is -2.26. The van der Waals surface area contributed by atoms with Gasteiger partial charge in [0.05, 0.1) is 6.04 Å². The van der Waals surface area contributed by atoms with Gasteiger partial charge >= 0.3 is 6.18 Å². The highest BCUT2D eigenvalue weighted by Gasteiger charge is 2.51. The van der Waals surface area contributed by atoms with Crippen LogP contribution in [-0.4, -0.2) is 41.9 Å². The Balaban J connectivity index is 1.51. The van der Waals surface area contributed by atoms with Gasteiger partial charge in [-0.25, -0.2) is 0 Å². The Bertz CT molecular complexity index is 523. The van der Waals surface area contributed by atoms with E-state index >= 15 is 0 Å². The fourth-order valence-electron chi connectivity index (χ4n) is 2.47. The van der Waals surface area contributed by atoms with Crippen molar-refractivity contribution < 1.29 is 23.0 Å². The number of halogens is 3. The molecule has 6 heteroatoms. The molecule has 0 amide bonds. The summed E-state index contributed by atoms with van der Waals surface area (Å²) in [6, 6.07) is 5.90. The van der Waals surface area contributed by atoms with Gasteiger partial charge in [0, 0.05) is 13.1 Å². The third-order valence-corrected chi connectivity index (χ3v) is 4.43. The van der Waals surface area contributed by atoms with Gasteiger partial charge in [-0.15, -0.1) is 0 Å². The first-order valence-corrected chi connectivity index (χ1v) is 7.54. The summed E-state index contributed by atoms with van der Waals surface area (Å²) in [4.78, 5) is 2.36. The molecule has 2 fully saturated rings. The van der Waals surface area contributed by atoms with Crippen LogP contribution in [0.2, 0.25) is 0 Å². The van der Waals surface area contributed by atoms with Crippen molar-refractivity contribution in [3.05, 3.63) is 29.8 Å². The van der Waals surface area contributed by atoms with E-state index in [-0.39, 0.29) is 5.56 Å². The topological polar surface area (TPSA) is 32.5 Å². The van der Waals surface area contributed by atoms with Crippen LogP contribution in [0.15, 0.2) is 24.3 Å². The standard InChI is InChI=1S/C16H20F3NO2/c1-15(21,16(17,18)19)12-4-6-14(7-5-12)22-10-13-9-20(13)8-11-2-3-11/h4-7,11,13,21H,2-3,8-10H2,1H3. The van der Waals surface area contributed by atoms with Crippen LogP contribution in [0.5, 0.6) is 5.75 Å². The van der Waals surface area contributed by atoms with Crippen LogP contribution in [0.25, 0.3) is 0 Å². The molecule has 1 saturated heterocycles. The summed E-state index contributed by atoms with van der Waals surface area (Å²) in [5.74, 6) is 1.38. The van der Waals surface area contributed by atoms with Crippen molar-refractivity contribution in [2.24, 2.45) is 5.92 Å².